The molecule has 2 nitrogen and oxygen atoms in total. The van der Waals surface area contributed by atoms with Crippen molar-refractivity contribution in [3.8, 4) is 0 Å². The Bertz CT molecular complexity index is 23.3. The third-order valence-electron chi connectivity index (χ3n) is 0. The third-order valence-corrected chi connectivity index (χ3v) is 0. The molecule has 12 heavy (non-hydrogen) atoms. The van der Waals surface area contributed by atoms with E-state index in [1.165, 1.54) is 0 Å². The smallest absolute Gasteiger partial charge is 0.0500 e. The van der Waals surface area contributed by atoms with Gasteiger partial charge in [0.2, 0.25) is 0 Å². The van der Waals surface area contributed by atoms with Crippen LogP contribution in [0.2, 0.25) is 0 Å². The first kappa shape index (κ1) is 22.7. The Labute approximate surface area is 78.6 Å². The molecule has 0 aliphatic rings. The van der Waals surface area contributed by atoms with Gasteiger partial charge in [-0.25, -0.2) is 0 Å². The minimum Gasteiger partial charge on any atom is -0.857 e. The Balaban J connectivity index is -0.0000000380. The molecule has 0 rings (SSSR count). The highest BCUT2D eigenvalue weighted by molar-refractivity contribution is 4.21. The normalized spacial score (nSPS) is 7.00. The lowest BCUT2D eigenvalue weighted by Crippen LogP contribution is -1.81. The average Bonchev–Trinajstić information content (AvgIpc) is 1.93. The topological polar surface area (TPSA) is 46.1 Å². The molecule has 0 heterocycles. The predicted molar refractivity (Wildman–Crippen MR) is 52.9 cm³/mol. The van der Waals surface area contributed by atoms with Crippen LogP contribution in [0.1, 0.15) is 41.5 Å². The van der Waals surface area contributed by atoms with E-state index in [1.807, 2.05) is 0 Å². The summed E-state index contributed by atoms with van der Waals surface area (Å²) < 4.78 is 0. The molecule has 0 N–H and O–H groups in total. The maximum Gasteiger partial charge on any atom is -0.0500 e. The van der Waals surface area contributed by atoms with Crippen molar-refractivity contribution in [2.75, 3.05) is 14.2 Å². The molecule has 0 aromatic rings. The number of hydrogen-bond donors (Lipinski definition) is 0. The van der Waals surface area contributed by atoms with Crippen LogP contribution in [0.3, 0.4) is 0 Å². The SMILES string of the molecule is CC(C)C.CC(C)C.C[O-].C[O-]. The molecule has 0 fully saturated rings. The summed E-state index contributed by atoms with van der Waals surface area (Å²) in [6.45, 7) is 13.0. The van der Waals surface area contributed by atoms with Gasteiger partial charge in [0.1, 0.15) is 0 Å². The zero-order valence-electron chi connectivity index (χ0n) is 9.97. The molecule has 0 aromatic heterocycles. The Kier molecular flexibility index (Phi) is 57.9. The molecule has 0 atom stereocenters. The van der Waals surface area contributed by atoms with E-state index < -0.39 is 0 Å². The van der Waals surface area contributed by atoms with E-state index >= 15 is 0 Å². The molecule has 0 amide bonds. The number of hydrogen-bond acceptors (Lipinski definition) is 2. The summed E-state index contributed by atoms with van der Waals surface area (Å²) in [5.74, 6) is 1.67. The molecule has 80 valence electrons. The molecular formula is C10H26O2-2. The van der Waals surface area contributed by atoms with Crippen LogP contribution >= 0.6 is 0 Å². The predicted octanol–water partition coefficient (Wildman–Crippen LogP) is 1.28. The summed E-state index contributed by atoms with van der Waals surface area (Å²) in [7, 11) is 1.50. The summed E-state index contributed by atoms with van der Waals surface area (Å²) >= 11 is 0. The van der Waals surface area contributed by atoms with Crippen LogP contribution < -0.4 is 10.2 Å². The first-order valence-corrected chi connectivity index (χ1v) is 4.28. The molecule has 0 saturated carbocycles. The van der Waals surface area contributed by atoms with Crippen LogP contribution in [0.4, 0.5) is 0 Å². The van der Waals surface area contributed by atoms with Crippen molar-refractivity contribution in [2.24, 2.45) is 11.8 Å². The van der Waals surface area contributed by atoms with Gasteiger partial charge < -0.3 is 10.2 Å². The lowest BCUT2D eigenvalue weighted by atomic mass is 10.3. The Morgan fingerprint density at radius 1 is 0.500 bits per heavy atom. The van der Waals surface area contributed by atoms with Crippen molar-refractivity contribution in [2.45, 2.75) is 41.5 Å². The van der Waals surface area contributed by atoms with E-state index in [9.17, 15) is 0 Å². The molecule has 0 spiro atoms. The first-order chi connectivity index (χ1) is 5.46. The van der Waals surface area contributed by atoms with Gasteiger partial charge in [-0.2, -0.15) is 14.2 Å². The lowest BCUT2D eigenvalue weighted by molar-refractivity contribution is -0.325. The second-order valence-corrected chi connectivity index (χ2v) is 3.46. The zero-order chi connectivity index (χ0) is 11.2. The fraction of sp³-hybridized carbons (Fsp3) is 1.00. The first-order valence-electron chi connectivity index (χ1n) is 4.28. The number of rotatable bonds is 0. The van der Waals surface area contributed by atoms with Gasteiger partial charge in [-0.05, 0) is 11.8 Å². The van der Waals surface area contributed by atoms with Crippen molar-refractivity contribution < 1.29 is 10.2 Å². The molecule has 0 unspecified atom stereocenters. The van der Waals surface area contributed by atoms with Gasteiger partial charge in [0.05, 0.1) is 0 Å². The maximum absolute atomic E-state index is 8.25. The standard InChI is InChI=1S/2C4H10.2CH3O/c2*1-4(2)3;2*1-2/h2*4H,1-3H3;2*1H3/q;;2*-1. The van der Waals surface area contributed by atoms with Gasteiger partial charge in [0.15, 0.2) is 0 Å². The third kappa shape index (κ3) is 123000. The summed E-state index contributed by atoms with van der Waals surface area (Å²) in [6.07, 6.45) is 0. The maximum atomic E-state index is 8.25. The molecule has 0 aliphatic heterocycles. The molecule has 0 aliphatic carbocycles. The summed E-state index contributed by atoms with van der Waals surface area (Å²) in [6, 6.07) is 0. The molecule has 2 heteroatoms. The van der Waals surface area contributed by atoms with E-state index in [0.29, 0.717) is 0 Å². The van der Waals surface area contributed by atoms with Crippen molar-refractivity contribution in [3.63, 3.8) is 0 Å². The van der Waals surface area contributed by atoms with Gasteiger partial charge in [-0.15, -0.1) is 0 Å². The summed E-state index contributed by atoms with van der Waals surface area (Å²) in [4.78, 5) is 0. The van der Waals surface area contributed by atoms with E-state index in [2.05, 4.69) is 41.5 Å². The minimum absolute atomic E-state index is 0.750. The van der Waals surface area contributed by atoms with Gasteiger partial charge in [-0.1, -0.05) is 41.5 Å². The highest BCUT2D eigenvalue weighted by Crippen LogP contribution is 1.81. The molecule has 0 radical (unpaired) electrons. The molecular weight excluding hydrogens is 152 g/mol. The monoisotopic (exact) mass is 178 g/mol. The Hall–Kier alpha value is -0.0800. The highest BCUT2D eigenvalue weighted by atomic mass is 16.2. The van der Waals surface area contributed by atoms with Gasteiger partial charge in [0, 0.05) is 0 Å². The highest BCUT2D eigenvalue weighted by Gasteiger charge is 1.68. The van der Waals surface area contributed by atoms with E-state index in [-0.39, 0.29) is 0 Å². The van der Waals surface area contributed by atoms with Crippen LogP contribution in [-0.2, 0) is 0 Å². The molecule has 0 aromatic carbocycles. The fourth-order valence-electron chi connectivity index (χ4n) is 0. The largest absolute Gasteiger partial charge is 0.857 e. The van der Waals surface area contributed by atoms with Crippen LogP contribution in [0.15, 0.2) is 0 Å². The van der Waals surface area contributed by atoms with E-state index in [0.717, 1.165) is 26.1 Å². The van der Waals surface area contributed by atoms with Crippen molar-refractivity contribution in [3.05, 3.63) is 0 Å². The second kappa shape index (κ2) is 30.7. The second-order valence-electron chi connectivity index (χ2n) is 3.46. The summed E-state index contributed by atoms with van der Waals surface area (Å²) in [5, 5.41) is 16.5. The Morgan fingerprint density at radius 2 is 0.500 bits per heavy atom. The quantitative estimate of drug-likeness (QED) is 0.561. The average molecular weight is 178 g/mol. The summed E-state index contributed by atoms with van der Waals surface area (Å²) in [5.41, 5.74) is 0. The van der Waals surface area contributed by atoms with Gasteiger partial charge in [-0.3, -0.25) is 0 Å². The minimum atomic E-state index is 0.750. The van der Waals surface area contributed by atoms with Crippen molar-refractivity contribution >= 4 is 0 Å². The van der Waals surface area contributed by atoms with Crippen LogP contribution in [0.25, 0.3) is 0 Å². The van der Waals surface area contributed by atoms with Crippen LogP contribution in [-0.4, -0.2) is 14.2 Å². The lowest BCUT2D eigenvalue weighted by Gasteiger charge is -1.79. The van der Waals surface area contributed by atoms with Crippen LogP contribution in [0.5, 0.6) is 0 Å². The van der Waals surface area contributed by atoms with Crippen LogP contribution in [0, 0.1) is 11.8 Å². The molecule has 0 bridgehead atoms. The van der Waals surface area contributed by atoms with Crippen molar-refractivity contribution in [1.82, 2.24) is 0 Å². The van der Waals surface area contributed by atoms with E-state index in [4.69, 9.17) is 10.2 Å². The van der Waals surface area contributed by atoms with Crippen molar-refractivity contribution in [1.29, 1.82) is 0 Å². The van der Waals surface area contributed by atoms with E-state index in [1.54, 1.807) is 0 Å². The molecule has 0 saturated heterocycles. The fourth-order valence-corrected chi connectivity index (χ4v) is 0. The van der Waals surface area contributed by atoms with Gasteiger partial charge >= 0.3 is 0 Å². The van der Waals surface area contributed by atoms with Gasteiger partial charge in [0.25, 0.3) is 0 Å². The zero-order valence-corrected chi connectivity index (χ0v) is 9.97. The Morgan fingerprint density at radius 3 is 0.500 bits per heavy atom.